The number of nitrogens with two attached hydrogens (primary N) is 1. The first-order valence-electron chi connectivity index (χ1n) is 10.4. The summed E-state index contributed by atoms with van der Waals surface area (Å²) in [6, 6.07) is 9.42. The number of amides is 4. The van der Waals surface area contributed by atoms with Crippen LogP contribution in [0.4, 0.5) is 21.0 Å². The summed E-state index contributed by atoms with van der Waals surface area (Å²) >= 11 is 7.00. The molecule has 2 aromatic rings. The minimum Gasteiger partial charge on any atom is -0.443 e. The fourth-order valence-electron chi connectivity index (χ4n) is 3.10. The van der Waals surface area contributed by atoms with Gasteiger partial charge >= 0.3 is 12.2 Å². The number of nitrogens with one attached hydrogen (secondary N) is 1. The molecule has 1 aliphatic rings. The zero-order valence-corrected chi connectivity index (χ0v) is 20.4. The van der Waals surface area contributed by atoms with Crippen LogP contribution < -0.4 is 20.9 Å². The molecule has 0 bridgehead atoms. The van der Waals surface area contributed by atoms with Crippen molar-refractivity contribution in [2.75, 3.05) is 29.4 Å². The van der Waals surface area contributed by atoms with Crippen LogP contribution in [-0.2, 0) is 14.3 Å². The van der Waals surface area contributed by atoms with Crippen molar-refractivity contribution >= 4 is 58.3 Å². The fraction of sp³-hybridized carbons (Fsp3) is 0.364. The molecule has 0 radical (unpaired) electrons. The topological polar surface area (TPSA) is 131 Å². The minimum atomic E-state index is -0.848. The van der Waals surface area contributed by atoms with Crippen LogP contribution in [0.15, 0.2) is 36.4 Å². The van der Waals surface area contributed by atoms with Gasteiger partial charge in [0.15, 0.2) is 0 Å². The first kappa shape index (κ1) is 25.5. The number of cyclic esters (lactones) is 1. The number of hydrogen-bond donors (Lipinski definition) is 2. The molecule has 1 saturated heterocycles. The molecule has 182 valence electrons. The second-order valence-corrected chi connectivity index (χ2v) is 10.1. The van der Waals surface area contributed by atoms with Crippen LogP contribution in [0.25, 0.3) is 0 Å². The van der Waals surface area contributed by atoms with E-state index in [0.717, 1.165) is 16.2 Å². The first-order valence-corrected chi connectivity index (χ1v) is 11.6. The SMILES string of the molecule is CC(C)(C)OC(=O)N(C(=O)CN)c1ccc(N2CC(CNC(=O)c3ccc(Cl)s3)OC2=O)cc1. The molecule has 3 rings (SSSR count). The van der Waals surface area contributed by atoms with Crippen LogP contribution in [0.2, 0.25) is 4.34 Å². The van der Waals surface area contributed by atoms with Gasteiger partial charge in [-0.3, -0.25) is 14.5 Å². The smallest absolute Gasteiger partial charge is 0.421 e. The van der Waals surface area contributed by atoms with Gasteiger partial charge in [-0.1, -0.05) is 11.6 Å². The van der Waals surface area contributed by atoms with Gasteiger partial charge in [0.1, 0.15) is 11.7 Å². The van der Waals surface area contributed by atoms with E-state index in [1.54, 1.807) is 45.0 Å². The van der Waals surface area contributed by atoms with Gasteiger partial charge in [-0.2, -0.15) is 0 Å². The molecule has 0 aliphatic carbocycles. The van der Waals surface area contributed by atoms with Gasteiger partial charge in [-0.15, -0.1) is 11.3 Å². The monoisotopic (exact) mass is 508 g/mol. The van der Waals surface area contributed by atoms with E-state index in [-0.39, 0.29) is 31.2 Å². The molecule has 2 heterocycles. The second kappa shape index (κ2) is 10.4. The molecular formula is C22H25ClN4O6S. The zero-order chi connectivity index (χ0) is 25.0. The second-order valence-electron chi connectivity index (χ2n) is 8.36. The number of anilines is 2. The van der Waals surface area contributed by atoms with Crippen molar-refractivity contribution < 1.29 is 28.7 Å². The third-order valence-corrected chi connectivity index (χ3v) is 5.81. The molecule has 0 spiro atoms. The summed E-state index contributed by atoms with van der Waals surface area (Å²) in [6.07, 6.45) is -1.98. The lowest BCUT2D eigenvalue weighted by Gasteiger charge is -2.26. The Morgan fingerprint density at radius 2 is 1.91 bits per heavy atom. The van der Waals surface area contributed by atoms with Crippen molar-refractivity contribution in [2.45, 2.75) is 32.5 Å². The number of nitrogens with zero attached hydrogens (tertiary/aromatic N) is 2. The number of rotatable bonds is 6. The quantitative estimate of drug-likeness (QED) is 0.611. The normalized spacial score (nSPS) is 15.6. The number of thiophene rings is 1. The highest BCUT2D eigenvalue weighted by molar-refractivity contribution is 7.18. The lowest BCUT2D eigenvalue weighted by atomic mass is 10.2. The summed E-state index contributed by atoms with van der Waals surface area (Å²) in [5.74, 6) is -0.937. The lowest BCUT2D eigenvalue weighted by molar-refractivity contribution is -0.117. The highest BCUT2D eigenvalue weighted by atomic mass is 35.5. The molecule has 1 fully saturated rings. The first-order chi connectivity index (χ1) is 16.0. The molecule has 34 heavy (non-hydrogen) atoms. The molecule has 12 heteroatoms. The Hall–Kier alpha value is -3.15. The summed E-state index contributed by atoms with van der Waals surface area (Å²) < 4.78 is 11.1. The highest BCUT2D eigenvalue weighted by Crippen LogP contribution is 2.26. The lowest BCUT2D eigenvalue weighted by Crippen LogP contribution is -2.43. The van der Waals surface area contributed by atoms with Crippen LogP contribution in [0.3, 0.4) is 0 Å². The maximum Gasteiger partial charge on any atom is 0.421 e. The molecule has 1 aliphatic heterocycles. The van der Waals surface area contributed by atoms with Gasteiger partial charge in [0, 0.05) is 5.69 Å². The van der Waals surface area contributed by atoms with E-state index in [1.165, 1.54) is 17.0 Å². The Bertz CT molecular complexity index is 1080. The van der Waals surface area contributed by atoms with Crippen LogP contribution in [0.1, 0.15) is 30.4 Å². The minimum absolute atomic E-state index is 0.131. The molecule has 1 aromatic heterocycles. The van der Waals surface area contributed by atoms with E-state index in [9.17, 15) is 19.2 Å². The van der Waals surface area contributed by atoms with Crippen molar-refractivity contribution in [3.8, 4) is 0 Å². The molecule has 1 unspecified atom stereocenters. The number of halogens is 1. The average molecular weight is 509 g/mol. The van der Waals surface area contributed by atoms with E-state index >= 15 is 0 Å². The van der Waals surface area contributed by atoms with E-state index in [2.05, 4.69) is 5.32 Å². The summed E-state index contributed by atoms with van der Waals surface area (Å²) in [7, 11) is 0. The number of carbonyl (C=O) groups excluding carboxylic acids is 4. The number of benzene rings is 1. The average Bonchev–Trinajstić information content (AvgIpc) is 3.36. The number of ether oxygens (including phenoxy) is 2. The summed E-state index contributed by atoms with van der Waals surface area (Å²) in [5.41, 5.74) is 5.40. The third kappa shape index (κ3) is 6.25. The number of hydrogen-bond acceptors (Lipinski definition) is 8. The van der Waals surface area contributed by atoms with Gasteiger partial charge in [0.2, 0.25) is 5.91 Å². The van der Waals surface area contributed by atoms with E-state index in [1.807, 2.05) is 0 Å². The van der Waals surface area contributed by atoms with Crippen LogP contribution in [0, 0.1) is 0 Å². The Balaban J connectivity index is 1.66. The van der Waals surface area contributed by atoms with Gasteiger partial charge in [-0.25, -0.2) is 14.5 Å². The molecule has 3 N–H and O–H groups in total. The predicted octanol–water partition coefficient (Wildman–Crippen LogP) is 3.38. The molecule has 1 aromatic carbocycles. The van der Waals surface area contributed by atoms with Gasteiger partial charge < -0.3 is 20.5 Å². The highest BCUT2D eigenvalue weighted by Gasteiger charge is 2.33. The van der Waals surface area contributed by atoms with E-state index in [0.29, 0.717) is 14.9 Å². The summed E-state index contributed by atoms with van der Waals surface area (Å²) in [4.78, 5) is 52.1. The largest absolute Gasteiger partial charge is 0.443 e. The summed E-state index contributed by atoms with van der Waals surface area (Å²) in [5, 5.41) is 2.72. The van der Waals surface area contributed by atoms with Crippen LogP contribution in [0.5, 0.6) is 0 Å². The number of imide groups is 1. The molecule has 0 saturated carbocycles. The van der Waals surface area contributed by atoms with Crippen molar-refractivity contribution in [2.24, 2.45) is 5.73 Å². The van der Waals surface area contributed by atoms with E-state index < -0.39 is 29.8 Å². The van der Waals surface area contributed by atoms with E-state index in [4.69, 9.17) is 26.8 Å². The molecule has 1 atom stereocenters. The van der Waals surface area contributed by atoms with Crippen molar-refractivity contribution in [3.63, 3.8) is 0 Å². The maximum atomic E-state index is 12.5. The Morgan fingerprint density at radius 3 is 2.47 bits per heavy atom. The molecule has 10 nitrogen and oxygen atoms in total. The van der Waals surface area contributed by atoms with Gasteiger partial charge in [0.05, 0.1) is 34.5 Å². The van der Waals surface area contributed by atoms with Crippen molar-refractivity contribution in [1.29, 1.82) is 0 Å². The Morgan fingerprint density at radius 1 is 1.24 bits per heavy atom. The number of carbonyl (C=O) groups is 4. The predicted molar refractivity (Wildman–Crippen MR) is 128 cm³/mol. The maximum absolute atomic E-state index is 12.5. The fourth-order valence-corrected chi connectivity index (χ4v) is 4.06. The van der Waals surface area contributed by atoms with Gasteiger partial charge in [0.25, 0.3) is 5.91 Å². The van der Waals surface area contributed by atoms with Crippen molar-refractivity contribution in [1.82, 2.24) is 5.32 Å². The standard InChI is InChI=1S/C22H25ClN4O6S/c1-22(2,3)33-21(31)27(18(28)10-24)14-6-4-13(5-7-14)26-12-15(32-20(26)30)11-25-19(29)16-8-9-17(23)34-16/h4-9,15H,10-12,24H2,1-3H3,(H,25,29). The van der Waals surface area contributed by atoms with Crippen LogP contribution >= 0.6 is 22.9 Å². The van der Waals surface area contributed by atoms with Crippen LogP contribution in [-0.4, -0.2) is 55.3 Å². The Kier molecular flexibility index (Phi) is 7.80. The Labute approximate surface area is 205 Å². The molecule has 4 amide bonds. The van der Waals surface area contributed by atoms with Crippen molar-refractivity contribution in [3.05, 3.63) is 45.6 Å². The third-order valence-electron chi connectivity index (χ3n) is 4.58. The van der Waals surface area contributed by atoms with Gasteiger partial charge in [-0.05, 0) is 57.2 Å². The zero-order valence-electron chi connectivity index (χ0n) is 18.9. The summed E-state index contributed by atoms with van der Waals surface area (Å²) in [6.45, 7) is 5.02. The molecular weight excluding hydrogens is 484 g/mol.